The van der Waals surface area contributed by atoms with Crippen LogP contribution in [-0.4, -0.2) is 23.3 Å². The van der Waals surface area contributed by atoms with Gasteiger partial charge in [0.15, 0.2) is 0 Å². The summed E-state index contributed by atoms with van der Waals surface area (Å²) >= 11 is 0. The first-order valence-corrected chi connectivity index (χ1v) is 11.3. The number of fused-ring (bicyclic) bond motifs is 2. The maximum Gasteiger partial charge on any atom is 0.254 e. The van der Waals surface area contributed by atoms with Gasteiger partial charge in [-0.05, 0) is 41.1 Å². The van der Waals surface area contributed by atoms with Gasteiger partial charge in [0.25, 0.3) is 5.91 Å². The highest BCUT2D eigenvalue weighted by Crippen LogP contribution is 2.31. The quantitative estimate of drug-likeness (QED) is 0.432. The third-order valence-corrected chi connectivity index (χ3v) is 6.09. The SMILES string of the molecule is CC(C)C(=O)Nc1cccc(-c2cc3c(o2)CCN(C(=O)c2ccc4ccccc4c2)C3)c1. The first-order chi connectivity index (χ1) is 16.0. The van der Waals surface area contributed by atoms with Gasteiger partial charge in [-0.2, -0.15) is 0 Å². The van der Waals surface area contributed by atoms with Crippen LogP contribution in [0.4, 0.5) is 5.69 Å². The van der Waals surface area contributed by atoms with Crippen molar-refractivity contribution < 1.29 is 14.0 Å². The zero-order valence-electron chi connectivity index (χ0n) is 18.8. The molecule has 3 aromatic carbocycles. The van der Waals surface area contributed by atoms with Crippen LogP contribution in [0.2, 0.25) is 0 Å². The standard InChI is InChI=1S/C28H26N2O3/c1-18(2)27(31)29-24-9-5-8-21(15-24)26-16-23-17-30(13-12-25(23)33-26)28(32)22-11-10-19-6-3-4-7-20(19)14-22/h3-11,14-16,18H,12-13,17H2,1-2H3,(H,29,31). The molecule has 0 atom stereocenters. The molecule has 1 aliphatic heterocycles. The minimum atomic E-state index is -0.0873. The van der Waals surface area contributed by atoms with Crippen molar-refractivity contribution in [1.82, 2.24) is 4.90 Å². The van der Waals surface area contributed by atoms with Crippen LogP contribution in [-0.2, 0) is 17.8 Å². The van der Waals surface area contributed by atoms with Crippen molar-refractivity contribution >= 4 is 28.3 Å². The van der Waals surface area contributed by atoms with Crippen LogP contribution < -0.4 is 5.32 Å². The van der Waals surface area contributed by atoms with Gasteiger partial charge in [0.05, 0.1) is 0 Å². The molecule has 2 heterocycles. The van der Waals surface area contributed by atoms with E-state index in [2.05, 4.69) is 5.32 Å². The number of carbonyl (C=O) groups is 2. The summed E-state index contributed by atoms with van der Waals surface area (Å²) in [4.78, 5) is 27.1. The maximum absolute atomic E-state index is 13.2. The molecule has 4 aromatic rings. The monoisotopic (exact) mass is 438 g/mol. The van der Waals surface area contributed by atoms with Crippen LogP contribution in [0, 0.1) is 5.92 Å². The molecule has 2 amide bonds. The fourth-order valence-corrected chi connectivity index (χ4v) is 4.19. The average molecular weight is 439 g/mol. The summed E-state index contributed by atoms with van der Waals surface area (Å²) in [6.07, 6.45) is 0.679. The zero-order chi connectivity index (χ0) is 22.9. The molecule has 0 saturated heterocycles. The molecule has 0 fully saturated rings. The van der Waals surface area contributed by atoms with Crippen molar-refractivity contribution in [2.24, 2.45) is 5.92 Å². The Bertz CT molecular complexity index is 1350. The summed E-state index contributed by atoms with van der Waals surface area (Å²) in [7, 11) is 0. The molecule has 0 unspecified atom stereocenters. The highest BCUT2D eigenvalue weighted by atomic mass is 16.3. The van der Waals surface area contributed by atoms with Gasteiger partial charge in [0.2, 0.25) is 5.91 Å². The third-order valence-electron chi connectivity index (χ3n) is 6.09. The minimum absolute atomic E-state index is 0.0197. The summed E-state index contributed by atoms with van der Waals surface area (Å²) in [5.74, 6) is 1.60. The third kappa shape index (κ3) is 4.27. The van der Waals surface area contributed by atoms with Crippen LogP contribution in [0.1, 0.15) is 35.5 Å². The van der Waals surface area contributed by atoms with E-state index in [9.17, 15) is 9.59 Å². The van der Waals surface area contributed by atoms with Crippen LogP contribution in [0.3, 0.4) is 0 Å². The Balaban J connectivity index is 1.35. The Hall–Kier alpha value is -3.86. The van der Waals surface area contributed by atoms with E-state index < -0.39 is 0 Å². The van der Waals surface area contributed by atoms with E-state index in [1.165, 1.54) is 0 Å². The first kappa shape index (κ1) is 21.0. The number of hydrogen-bond acceptors (Lipinski definition) is 3. The average Bonchev–Trinajstić information content (AvgIpc) is 3.27. The van der Waals surface area contributed by atoms with E-state index >= 15 is 0 Å². The van der Waals surface area contributed by atoms with Crippen LogP contribution in [0.15, 0.2) is 77.2 Å². The molecule has 0 saturated carbocycles. The molecule has 1 N–H and O–H groups in total. The lowest BCUT2D eigenvalue weighted by Gasteiger charge is -2.26. The predicted octanol–water partition coefficient (Wildman–Crippen LogP) is 5.89. The van der Waals surface area contributed by atoms with Gasteiger partial charge in [0, 0.05) is 47.8 Å². The van der Waals surface area contributed by atoms with Crippen molar-refractivity contribution in [3.05, 3.63) is 89.7 Å². The lowest BCUT2D eigenvalue weighted by Crippen LogP contribution is -2.35. The van der Waals surface area contributed by atoms with Crippen molar-refractivity contribution in [2.75, 3.05) is 11.9 Å². The fraction of sp³-hybridized carbons (Fsp3) is 0.214. The number of rotatable bonds is 4. The van der Waals surface area contributed by atoms with Crippen molar-refractivity contribution in [1.29, 1.82) is 0 Å². The molecule has 5 heteroatoms. The Morgan fingerprint density at radius 3 is 2.58 bits per heavy atom. The van der Waals surface area contributed by atoms with E-state index in [-0.39, 0.29) is 17.7 Å². The molecule has 5 rings (SSSR count). The molecule has 1 aromatic heterocycles. The number of furan rings is 1. The number of nitrogens with one attached hydrogen (secondary N) is 1. The lowest BCUT2D eigenvalue weighted by molar-refractivity contribution is -0.118. The van der Waals surface area contributed by atoms with Crippen LogP contribution in [0.5, 0.6) is 0 Å². The molecular formula is C28H26N2O3. The highest BCUT2D eigenvalue weighted by molar-refractivity contribution is 5.98. The van der Waals surface area contributed by atoms with Gasteiger partial charge in [-0.15, -0.1) is 0 Å². The Morgan fingerprint density at radius 1 is 0.939 bits per heavy atom. The maximum atomic E-state index is 13.2. The molecule has 0 aliphatic carbocycles. The highest BCUT2D eigenvalue weighted by Gasteiger charge is 2.25. The van der Waals surface area contributed by atoms with Crippen molar-refractivity contribution in [2.45, 2.75) is 26.8 Å². The van der Waals surface area contributed by atoms with E-state index in [1.54, 1.807) is 0 Å². The van der Waals surface area contributed by atoms with Crippen molar-refractivity contribution in [3.63, 3.8) is 0 Å². The number of amides is 2. The van der Waals surface area contributed by atoms with Crippen LogP contribution >= 0.6 is 0 Å². The first-order valence-electron chi connectivity index (χ1n) is 11.3. The lowest BCUT2D eigenvalue weighted by atomic mass is 10.0. The fourth-order valence-electron chi connectivity index (χ4n) is 4.19. The van der Waals surface area contributed by atoms with Gasteiger partial charge in [-0.25, -0.2) is 0 Å². The van der Waals surface area contributed by atoms with E-state index in [0.29, 0.717) is 25.1 Å². The molecule has 0 radical (unpaired) electrons. The summed E-state index contributed by atoms with van der Waals surface area (Å²) in [5.41, 5.74) is 3.38. The van der Waals surface area contributed by atoms with Gasteiger partial charge < -0.3 is 14.6 Å². The van der Waals surface area contributed by atoms with Crippen LogP contribution in [0.25, 0.3) is 22.1 Å². The minimum Gasteiger partial charge on any atom is -0.461 e. The number of anilines is 1. The van der Waals surface area contributed by atoms with Crippen molar-refractivity contribution in [3.8, 4) is 11.3 Å². The van der Waals surface area contributed by atoms with Gasteiger partial charge >= 0.3 is 0 Å². The summed E-state index contributed by atoms with van der Waals surface area (Å²) < 4.78 is 6.14. The van der Waals surface area contributed by atoms with E-state index in [1.807, 2.05) is 91.5 Å². The molecule has 1 aliphatic rings. The number of benzene rings is 3. The molecule has 166 valence electrons. The second-order valence-corrected chi connectivity index (χ2v) is 8.82. The smallest absolute Gasteiger partial charge is 0.254 e. The Labute approximate surface area is 193 Å². The largest absolute Gasteiger partial charge is 0.461 e. The second kappa shape index (κ2) is 8.58. The normalized spacial score (nSPS) is 13.2. The number of hydrogen-bond donors (Lipinski definition) is 1. The van der Waals surface area contributed by atoms with E-state index in [4.69, 9.17) is 4.42 Å². The molecule has 33 heavy (non-hydrogen) atoms. The Morgan fingerprint density at radius 2 is 1.76 bits per heavy atom. The number of nitrogens with zero attached hydrogens (tertiary/aromatic N) is 1. The second-order valence-electron chi connectivity index (χ2n) is 8.82. The predicted molar refractivity (Wildman–Crippen MR) is 130 cm³/mol. The molecule has 5 nitrogen and oxygen atoms in total. The van der Waals surface area contributed by atoms with Gasteiger partial charge in [-0.1, -0.05) is 56.3 Å². The molecule has 0 spiro atoms. The zero-order valence-corrected chi connectivity index (χ0v) is 18.8. The van der Waals surface area contributed by atoms with Gasteiger partial charge in [0.1, 0.15) is 11.5 Å². The molecule has 0 bridgehead atoms. The Kier molecular flexibility index (Phi) is 5.47. The topological polar surface area (TPSA) is 62.6 Å². The van der Waals surface area contributed by atoms with E-state index in [0.717, 1.165) is 39.1 Å². The molecular weight excluding hydrogens is 412 g/mol. The number of carbonyl (C=O) groups excluding carboxylic acids is 2. The van der Waals surface area contributed by atoms with Gasteiger partial charge in [-0.3, -0.25) is 9.59 Å². The summed E-state index contributed by atoms with van der Waals surface area (Å²) in [6, 6.07) is 23.6. The summed E-state index contributed by atoms with van der Waals surface area (Å²) in [6.45, 7) is 4.87. The summed E-state index contributed by atoms with van der Waals surface area (Å²) in [5, 5.41) is 5.12.